The molecule has 3 heteroatoms. The van der Waals surface area contributed by atoms with Crippen molar-refractivity contribution in [2.24, 2.45) is 0 Å². The zero-order valence-corrected chi connectivity index (χ0v) is 12.1. The van der Waals surface area contributed by atoms with Crippen LogP contribution >= 0.6 is 0 Å². The summed E-state index contributed by atoms with van der Waals surface area (Å²) in [5, 5.41) is 18.9. The highest BCUT2D eigenvalue weighted by Gasteiger charge is 2.26. The zero-order valence-electron chi connectivity index (χ0n) is 12.1. The lowest BCUT2D eigenvalue weighted by Crippen LogP contribution is -2.36. The Morgan fingerprint density at radius 3 is 2.38 bits per heavy atom. The fourth-order valence-electron chi connectivity index (χ4n) is 3.09. The Hall–Kier alpha value is -1.68. The van der Waals surface area contributed by atoms with E-state index in [2.05, 4.69) is 35.2 Å². The van der Waals surface area contributed by atoms with Crippen LogP contribution < -0.4 is 0 Å². The first kappa shape index (κ1) is 14.3. The standard InChI is InChI=1S/C18H21NO2/c20-12-15-7-5-14(6-8-15)11-19-10-9-16-3-1-2-4-17(16)18(19)13-21/h1-8,18,20-21H,9-13H2. The first-order chi connectivity index (χ1) is 10.3. The van der Waals surface area contributed by atoms with Gasteiger partial charge in [-0.25, -0.2) is 0 Å². The minimum Gasteiger partial charge on any atom is -0.394 e. The molecule has 3 rings (SSSR count). The molecule has 3 nitrogen and oxygen atoms in total. The van der Waals surface area contributed by atoms with Gasteiger partial charge in [0.15, 0.2) is 0 Å². The summed E-state index contributed by atoms with van der Waals surface area (Å²) in [6.07, 6.45) is 1.03. The van der Waals surface area contributed by atoms with Gasteiger partial charge in [-0.2, -0.15) is 0 Å². The van der Waals surface area contributed by atoms with E-state index in [9.17, 15) is 5.11 Å². The third-order valence-electron chi connectivity index (χ3n) is 4.29. The topological polar surface area (TPSA) is 43.7 Å². The molecule has 0 spiro atoms. The Morgan fingerprint density at radius 1 is 0.952 bits per heavy atom. The lowest BCUT2D eigenvalue weighted by Gasteiger charge is -2.36. The highest BCUT2D eigenvalue weighted by molar-refractivity contribution is 5.33. The molecule has 0 aromatic heterocycles. The summed E-state index contributed by atoms with van der Waals surface area (Å²) in [6.45, 7) is 2.01. The Kier molecular flexibility index (Phi) is 4.34. The molecule has 21 heavy (non-hydrogen) atoms. The maximum atomic E-state index is 9.79. The average molecular weight is 283 g/mol. The van der Waals surface area contributed by atoms with Gasteiger partial charge in [0.2, 0.25) is 0 Å². The van der Waals surface area contributed by atoms with Crippen LogP contribution in [0.4, 0.5) is 0 Å². The number of aliphatic hydroxyl groups excluding tert-OH is 2. The SMILES string of the molecule is OCc1ccc(CN2CCc3ccccc3C2CO)cc1. The smallest absolute Gasteiger partial charge is 0.0681 e. The number of nitrogens with zero attached hydrogens (tertiary/aromatic N) is 1. The second-order valence-corrected chi connectivity index (χ2v) is 5.59. The summed E-state index contributed by atoms with van der Waals surface area (Å²) in [6, 6.07) is 16.5. The molecule has 0 bridgehead atoms. The third kappa shape index (κ3) is 3.00. The van der Waals surface area contributed by atoms with Crippen molar-refractivity contribution in [3.8, 4) is 0 Å². The van der Waals surface area contributed by atoms with Crippen molar-refractivity contribution in [3.63, 3.8) is 0 Å². The Labute approximate surface area is 125 Å². The van der Waals surface area contributed by atoms with Crippen molar-refractivity contribution in [1.29, 1.82) is 0 Å². The Balaban J connectivity index is 1.79. The molecule has 0 radical (unpaired) electrons. The first-order valence-electron chi connectivity index (χ1n) is 7.43. The molecule has 2 aromatic carbocycles. The normalized spacial score (nSPS) is 18.5. The van der Waals surface area contributed by atoms with Gasteiger partial charge in [0, 0.05) is 13.1 Å². The van der Waals surface area contributed by atoms with E-state index in [0.717, 1.165) is 25.1 Å². The monoisotopic (exact) mass is 283 g/mol. The molecule has 0 aliphatic carbocycles. The summed E-state index contributed by atoms with van der Waals surface area (Å²) in [7, 11) is 0. The predicted molar refractivity (Wildman–Crippen MR) is 82.7 cm³/mol. The predicted octanol–water partition coefficient (Wildman–Crippen LogP) is 2.27. The largest absolute Gasteiger partial charge is 0.394 e. The fourth-order valence-corrected chi connectivity index (χ4v) is 3.09. The van der Waals surface area contributed by atoms with E-state index in [1.165, 1.54) is 16.7 Å². The molecule has 2 N–H and O–H groups in total. The zero-order chi connectivity index (χ0) is 14.7. The summed E-state index contributed by atoms with van der Waals surface area (Å²) in [4.78, 5) is 2.33. The van der Waals surface area contributed by atoms with Crippen LogP contribution in [0.1, 0.15) is 28.3 Å². The molecule has 1 aliphatic heterocycles. The lowest BCUT2D eigenvalue weighted by atomic mass is 9.92. The molecule has 1 heterocycles. The number of rotatable bonds is 4. The number of hydrogen-bond donors (Lipinski definition) is 2. The van der Waals surface area contributed by atoms with E-state index in [1.54, 1.807) is 0 Å². The molecular weight excluding hydrogens is 262 g/mol. The van der Waals surface area contributed by atoms with Gasteiger partial charge in [0.25, 0.3) is 0 Å². The van der Waals surface area contributed by atoms with E-state index in [4.69, 9.17) is 5.11 Å². The van der Waals surface area contributed by atoms with E-state index in [0.29, 0.717) is 0 Å². The lowest BCUT2D eigenvalue weighted by molar-refractivity contribution is 0.108. The molecule has 1 unspecified atom stereocenters. The summed E-state index contributed by atoms with van der Waals surface area (Å²) < 4.78 is 0. The summed E-state index contributed by atoms with van der Waals surface area (Å²) >= 11 is 0. The Morgan fingerprint density at radius 2 is 1.67 bits per heavy atom. The van der Waals surface area contributed by atoms with Crippen molar-refractivity contribution in [2.45, 2.75) is 25.6 Å². The molecule has 1 aliphatic rings. The second kappa shape index (κ2) is 6.39. The van der Waals surface area contributed by atoms with Crippen molar-refractivity contribution in [3.05, 3.63) is 70.8 Å². The fraction of sp³-hybridized carbons (Fsp3) is 0.333. The van der Waals surface area contributed by atoms with Crippen LogP contribution in [-0.2, 0) is 19.6 Å². The van der Waals surface area contributed by atoms with Gasteiger partial charge < -0.3 is 10.2 Å². The van der Waals surface area contributed by atoms with Crippen LogP contribution in [0.3, 0.4) is 0 Å². The summed E-state index contributed by atoms with van der Waals surface area (Å²) in [5.74, 6) is 0. The van der Waals surface area contributed by atoms with Gasteiger partial charge in [-0.15, -0.1) is 0 Å². The third-order valence-corrected chi connectivity index (χ3v) is 4.29. The average Bonchev–Trinajstić information content (AvgIpc) is 2.55. The highest BCUT2D eigenvalue weighted by atomic mass is 16.3. The molecule has 0 saturated carbocycles. The van der Waals surface area contributed by atoms with Crippen molar-refractivity contribution in [1.82, 2.24) is 4.90 Å². The van der Waals surface area contributed by atoms with Crippen LogP contribution in [0.2, 0.25) is 0 Å². The van der Waals surface area contributed by atoms with Crippen molar-refractivity contribution in [2.75, 3.05) is 13.2 Å². The quantitative estimate of drug-likeness (QED) is 0.904. The van der Waals surface area contributed by atoms with E-state index < -0.39 is 0 Å². The van der Waals surface area contributed by atoms with Gasteiger partial charge in [0.1, 0.15) is 0 Å². The van der Waals surface area contributed by atoms with Crippen LogP contribution in [0.15, 0.2) is 48.5 Å². The van der Waals surface area contributed by atoms with Gasteiger partial charge >= 0.3 is 0 Å². The van der Waals surface area contributed by atoms with Crippen molar-refractivity contribution >= 4 is 0 Å². The number of fused-ring (bicyclic) bond motifs is 1. The minimum absolute atomic E-state index is 0.0764. The van der Waals surface area contributed by atoms with Gasteiger partial charge in [0.05, 0.1) is 19.3 Å². The number of aliphatic hydroxyl groups is 2. The molecule has 1 atom stereocenters. The molecular formula is C18H21NO2. The van der Waals surface area contributed by atoms with Crippen LogP contribution in [0.25, 0.3) is 0 Å². The van der Waals surface area contributed by atoms with Crippen LogP contribution in [0, 0.1) is 0 Å². The van der Waals surface area contributed by atoms with Gasteiger partial charge in [-0.05, 0) is 28.7 Å². The molecule has 0 saturated heterocycles. The van der Waals surface area contributed by atoms with Crippen LogP contribution in [-0.4, -0.2) is 28.3 Å². The highest BCUT2D eigenvalue weighted by Crippen LogP contribution is 2.30. The molecule has 110 valence electrons. The van der Waals surface area contributed by atoms with Crippen molar-refractivity contribution < 1.29 is 10.2 Å². The van der Waals surface area contributed by atoms with E-state index in [-0.39, 0.29) is 19.3 Å². The number of hydrogen-bond acceptors (Lipinski definition) is 3. The molecule has 0 amide bonds. The Bertz CT molecular complexity index is 594. The van der Waals surface area contributed by atoms with Gasteiger partial charge in [-0.3, -0.25) is 4.90 Å². The number of benzene rings is 2. The molecule has 0 fully saturated rings. The van der Waals surface area contributed by atoms with E-state index >= 15 is 0 Å². The van der Waals surface area contributed by atoms with Crippen LogP contribution in [0.5, 0.6) is 0 Å². The second-order valence-electron chi connectivity index (χ2n) is 5.59. The molecule has 2 aromatic rings. The maximum absolute atomic E-state index is 9.79. The first-order valence-corrected chi connectivity index (χ1v) is 7.43. The van der Waals surface area contributed by atoms with Gasteiger partial charge in [-0.1, -0.05) is 48.5 Å². The minimum atomic E-state index is 0.0764. The maximum Gasteiger partial charge on any atom is 0.0681 e. The van der Waals surface area contributed by atoms with E-state index in [1.807, 2.05) is 18.2 Å². The summed E-state index contributed by atoms with van der Waals surface area (Å²) in [5.41, 5.74) is 4.74.